The molecule has 0 aliphatic heterocycles. The number of methoxy groups -OCH3 is 1. The molecule has 0 spiro atoms. The molecule has 1 atom stereocenters. The molecule has 2 rings (SSSR count). The van der Waals surface area contributed by atoms with Gasteiger partial charge in [-0.1, -0.05) is 36.7 Å². The predicted octanol–water partition coefficient (Wildman–Crippen LogP) is 2.98. The van der Waals surface area contributed by atoms with Crippen molar-refractivity contribution in [3.63, 3.8) is 0 Å². The Labute approximate surface area is 124 Å². The number of likely N-dealkylation sites (N-methyl/N-ethyl adjacent to an activating group) is 1. The summed E-state index contributed by atoms with van der Waals surface area (Å²) in [5.74, 6) is 0.897. The number of benzene rings is 1. The highest BCUT2D eigenvalue weighted by Crippen LogP contribution is 2.28. The van der Waals surface area contributed by atoms with Crippen molar-refractivity contribution < 1.29 is 4.74 Å². The van der Waals surface area contributed by atoms with Gasteiger partial charge >= 0.3 is 0 Å². The zero-order valence-electron chi connectivity index (χ0n) is 12.1. The molecule has 0 aliphatic rings. The monoisotopic (exact) mass is 293 g/mol. The molecule has 108 valence electrons. The number of halogens is 1. The van der Waals surface area contributed by atoms with Gasteiger partial charge in [-0.3, -0.25) is 4.68 Å². The van der Waals surface area contributed by atoms with Crippen molar-refractivity contribution in [2.75, 3.05) is 13.7 Å². The lowest BCUT2D eigenvalue weighted by molar-refractivity contribution is 0.404. The van der Waals surface area contributed by atoms with Crippen molar-refractivity contribution in [3.8, 4) is 5.75 Å². The van der Waals surface area contributed by atoms with E-state index in [9.17, 15) is 0 Å². The Morgan fingerprint density at radius 1 is 1.40 bits per heavy atom. The molecule has 0 saturated heterocycles. The van der Waals surface area contributed by atoms with Gasteiger partial charge in [-0.25, -0.2) is 0 Å². The van der Waals surface area contributed by atoms with Gasteiger partial charge in [0, 0.05) is 7.05 Å². The van der Waals surface area contributed by atoms with Crippen LogP contribution in [0.15, 0.2) is 30.5 Å². The number of ether oxygens (including phenoxy) is 1. The highest BCUT2D eigenvalue weighted by atomic mass is 35.5. The predicted molar refractivity (Wildman–Crippen MR) is 81.3 cm³/mol. The maximum atomic E-state index is 6.26. The van der Waals surface area contributed by atoms with Gasteiger partial charge in [0.2, 0.25) is 0 Å². The minimum Gasteiger partial charge on any atom is -0.496 e. The Kier molecular flexibility index (Phi) is 5.04. The first-order valence-electron chi connectivity index (χ1n) is 6.70. The van der Waals surface area contributed by atoms with E-state index in [2.05, 4.69) is 23.4 Å². The molecule has 0 amide bonds. The van der Waals surface area contributed by atoms with Crippen LogP contribution in [0.25, 0.3) is 0 Å². The second-order valence-electron chi connectivity index (χ2n) is 4.63. The van der Waals surface area contributed by atoms with Crippen LogP contribution in [0.1, 0.15) is 24.2 Å². The topological polar surface area (TPSA) is 39.1 Å². The average Bonchev–Trinajstić information content (AvgIpc) is 2.78. The van der Waals surface area contributed by atoms with Gasteiger partial charge in [0.1, 0.15) is 5.75 Å². The van der Waals surface area contributed by atoms with E-state index in [4.69, 9.17) is 16.3 Å². The summed E-state index contributed by atoms with van der Waals surface area (Å²) < 4.78 is 7.24. The van der Waals surface area contributed by atoms with Crippen molar-refractivity contribution in [1.29, 1.82) is 0 Å². The highest BCUT2D eigenvalue weighted by Gasteiger charge is 2.20. The second-order valence-corrected chi connectivity index (χ2v) is 5.03. The standard InChI is InChI=1S/C15H20ClN3O/c1-4-17-13(15-12(16)10-18-19(15)2)9-11-7-5-6-8-14(11)20-3/h5-8,10,13,17H,4,9H2,1-3H3. The van der Waals surface area contributed by atoms with E-state index >= 15 is 0 Å². The van der Waals surface area contributed by atoms with Crippen LogP contribution in [-0.2, 0) is 13.5 Å². The quantitative estimate of drug-likeness (QED) is 0.890. The summed E-state index contributed by atoms with van der Waals surface area (Å²) in [4.78, 5) is 0. The molecule has 0 aliphatic carbocycles. The molecule has 1 N–H and O–H groups in total. The first kappa shape index (κ1) is 14.9. The van der Waals surface area contributed by atoms with Crippen LogP contribution < -0.4 is 10.1 Å². The van der Waals surface area contributed by atoms with Gasteiger partial charge in [0.25, 0.3) is 0 Å². The molecular formula is C15H20ClN3O. The minimum atomic E-state index is 0.108. The normalized spacial score (nSPS) is 12.4. The van der Waals surface area contributed by atoms with Crippen LogP contribution >= 0.6 is 11.6 Å². The van der Waals surface area contributed by atoms with Crippen LogP contribution in [0.2, 0.25) is 5.02 Å². The van der Waals surface area contributed by atoms with E-state index in [1.165, 1.54) is 0 Å². The van der Waals surface area contributed by atoms with E-state index in [0.717, 1.165) is 30.0 Å². The van der Waals surface area contributed by atoms with Crippen molar-refractivity contribution in [2.24, 2.45) is 7.05 Å². The number of rotatable bonds is 6. The number of nitrogens with one attached hydrogen (secondary N) is 1. The van der Waals surface area contributed by atoms with Gasteiger partial charge in [-0.2, -0.15) is 5.10 Å². The van der Waals surface area contributed by atoms with Crippen molar-refractivity contribution in [3.05, 3.63) is 46.7 Å². The van der Waals surface area contributed by atoms with Crippen molar-refractivity contribution in [2.45, 2.75) is 19.4 Å². The Balaban J connectivity index is 2.30. The fourth-order valence-electron chi connectivity index (χ4n) is 2.42. The number of hydrogen-bond acceptors (Lipinski definition) is 3. The molecule has 4 nitrogen and oxygen atoms in total. The van der Waals surface area contributed by atoms with E-state index in [-0.39, 0.29) is 6.04 Å². The summed E-state index contributed by atoms with van der Waals surface area (Å²) in [6.07, 6.45) is 2.49. The number of hydrogen-bond donors (Lipinski definition) is 1. The first-order chi connectivity index (χ1) is 9.67. The third-order valence-electron chi connectivity index (χ3n) is 3.33. The van der Waals surface area contributed by atoms with Crippen LogP contribution in [0.4, 0.5) is 0 Å². The zero-order chi connectivity index (χ0) is 14.5. The smallest absolute Gasteiger partial charge is 0.122 e. The summed E-state index contributed by atoms with van der Waals surface area (Å²) in [7, 11) is 3.60. The molecule has 1 aromatic heterocycles. The Morgan fingerprint density at radius 2 is 2.15 bits per heavy atom. The molecule has 0 fully saturated rings. The molecule has 1 heterocycles. The third kappa shape index (κ3) is 3.14. The number of para-hydroxylation sites is 1. The molecule has 20 heavy (non-hydrogen) atoms. The lowest BCUT2D eigenvalue weighted by atomic mass is 10.0. The molecule has 1 aromatic carbocycles. The first-order valence-corrected chi connectivity index (χ1v) is 7.07. The average molecular weight is 294 g/mol. The van der Waals surface area contributed by atoms with Crippen molar-refractivity contribution >= 4 is 11.6 Å². The van der Waals surface area contributed by atoms with Crippen molar-refractivity contribution in [1.82, 2.24) is 15.1 Å². The highest BCUT2D eigenvalue weighted by molar-refractivity contribution is 6.31. The van der Waals surface area contributed by atoms with Crippen LogP contribution in [-0.4, -0.2) is 23.4 Å². The van der Waals surface area contributed by atoms with Gasteiger partial charge in [-0.05, 0) is 24.6 Å². The molecule has 0 bridgehead atoms. The Bertz CT molecular complexity index is 548. The molecule has 1 unspecified atom stereocenters. The molecule has 0 saturated carbocycles. The Morgan fingerprint density at radius 3 is 2.75 bits per heavy atom. The fraction of sp³-hybridized carbons (Fsp3) is 0.400. The second kappa shape index (κ2) is 6.77. The van der Waals surface area contributed by atoms with Gasteiger partial charge < -0.3 is 10.1 Å². The molecule has 5 heteroatoms. The summed E-state index contributed by atoms with van der Waals surface area (Å²) in [6.45, 7) is 2.95. The maximum Gasteiger partial charge on any atom is 0.122 e. The maximum absolute atomic E-state index is 6.26. The van der Waals surface area contributed by atoms with E-state index in [1.54, 1.807) is 13.3 Å². The Hall–Kier alpha value is -1.52. The molecular weight excluding hydrogens is 274 g/mol. The largest absolute Gasteiger partial charge is 0.496 e. The van der Waals surface area contributed by atoms with Crippen LogP contribution in [0.5, 0.6) is 5.75 Å². The summed E-state index contributed by atoms with van der Waals surface area (Å²) >= 11 is 6.26. The summed E-state index contributed by atoms with van der Waals surface area (Å²) in [5, 5.41) is 8.37. The SMILES string of the molecule is CCNC(Cc1ccccc1OC)c1c(Cl)cnn1C. The third-order valence-corrected chi connectivity index (χ3v) is 3.63. The summed E-state index contributed by atoms with van der Waals surface area (Å²) in [5.41, 5.74) is 2.15. The van der Waals surface area contributed by atoms with Gasteiger partial charge in [0.15, 0.2) is 0 Å². The van der Waals surface area contributed by atoms with E-state index < -0.39 is 0 Å². The fourth-order valence-corrected chi connectivity index (χ4v) is 2.71. The number of aryl methyl sites for hydroxylation is 1. The lowest BCUT2D eigenvalue weighted by Gasteiger charge is -2.20. The molecule has 2 aromatic rings. The lowest BCUT2D eigenvalue weighted by Crippen LogP contribution is -2.25. The summed E-state index contributed by atoms with van der Waals surface area (Å²) in [6, 6.07) is 8.15. The van der Waals surface area contributed by atoms with Crippen LogP contribution in [0, 0.1) is 0 Å². The number of aromatic nitrogens is 2. The van der Waals surface area contributed by atoms with Crippen LogP contribution in [0.3, 0.4) is 0 Å². The van der Waals surface area contributed by atoms with Gasteiger partial charge in [0.05, 0.1) is 30.1 Å². The van der Waals surface area contributed by atoms with Gasteiger partial charge in [-0.15, -0.1) is 0 Å². The molecule has 0 radical (unpaired) electrons. The number of nitrogens with zero attached hydrogens (tertiary/aromatic N) is 2. The zero-order valence-corrected chi connectivity index (χ0v) is 12.8. The van der Waals surface area contributed by atoms with E-state index in [0.29, 0.717) is 5.02 Å². The minimum absolute atomic E-state index is 0.108. The van der Waals surface area contributed by atoms with E-state index in [1.807, 2.05) is 29.9 Å².